The highest BCUT2D eigenvalue weighted by Crippen LogP contribution is 2.13. The van der Waals surface area contributed by atoms with Gasteiger partial charge in [0.2, 0.25) is 11.8 Å². The number of carboxylic acids is 1. The van der Waals surface area contributed by atoms with Gasteiger partial charge in [-0.1, -0.05) is 26.7 Å². The van der Waals surface area contributed by atoms with Crippen molar-refractivity contribution in [1.82, 2.24) is 10.6 Å². The summed E-state index contributed by atoms with van der Waals surface area (Å²) in [5, 5.41) is 13.1. The molecule has 104 valence electrons. The summed E-state index contributed by atoms with van der Waals surface area (Å²) in [6.07, 6.45) is 3.44. The van der Waals surface area contributed by atoms with Crippen molar-refractivity contribution >= 4 is 17.8 Å². The predicted octanol–water partition coefficient (Wildman–Crippen LogP) is 0.520. The Morgan fingerprint density at radius 3 is 2.00 bits per heavy atom. The first-order chi connectivity index (χ1) is 8.51. The third kappa shape index (κ3) is 7.65. The van der Waals surface area contributed by atoms with Crippen molar-refractivity contribution in [3.63, 3.8) is 0 Å². The van der Waals surface area contributed by atoms with Crippen LogP contribution in [-0.4, -0.2) is 36.0 Å². The monoisotopic (exact) mass is 258 g/mol. The average Bonchev–Trinajstić information content (AvgIpc) is 2.33. The molecular weight excluding hydrogens is 236 g/mol. The summed E-state index contributed by atoms with van der Waals surface area (Å²) < 4.78 is 0. The van der Waals surface area contributed by atoms with Gasteiger partial charge in [-0.25, -0.2) is 0 Å². The normalized spacial score (nSPS) is 10.2. The molecule has 2 amide bonds. The molecule has 0 unspecified atom stereocenters. The van der Waals surface area contributed by atoms with E-state index in [1.165, 1.54) is 0 Å². The highest BCUT2D eigenvalue weighted by molar-refractivity contribution is 5.87. The van der Waals surface area contributed by atoms with Crippen LogP contribution in [0.3, 0.4) is 0 Å². The van der Waals surface area contributed by atoms with Crippen molar-refractivity contribution in [2.75, 3.05) is 13.1 Å². The van der Waals surface area contributed by atoms with Crippen LogP contribution < -0.4 is 10.6 Å². The lowest BCUT2D eigenvalue weighted by atomic mass is 9.97. The highest BCUT2D eigenvalue weighted by Gasteiger charge is 2.17. The zero-order valence-corrected chi connectivity index (χ0v) is 11.0. The molecule has 0 spiro atoms. The van der Waals surface area contributed by atoms with E-state index >= 15 is 0 Å². The molecule has 0 atom stereocenters. The number of rotatable bonds is 9. The summed E-state index contributed by atoms with van der Waals surface area (Å²) in [5.41, 5.74) is 0. The van der Waals surface area contributed by atoms with Gasteiger partial charge in [-0.3, -0.25) is 14.4 Å². The summed E-state index contributed by atoms with van der Waals surface area (Å²) in [6.45, 7) is 3.42. The van der Waals surface area contributed by atoms with E-state index < -0.39 is 18.4 Å². The van der Waals surface area contributed by atoms with Crippen molar-refractivity contribution in [3.05, 3.63) is 0 Å². The first-order valence-electron chi connectivity index (χ1n) is 6.27. The van der Waals surface area contributed by atoms with E-state index in [9.17, 15) is 14.4 Å². The van der Waals surface area contributed by atoms with Gasteiger partial charge >= 0.3 is 5.97 Å². The molecule has 6 nitrogen and oxygen atoms in total. The van der Waals surface area contributed by atoms with Crippen LogP contribution in [0.25, 0.3) is 0 Å². The third-order valence-electron chi connectivity index (χ3n) is 2.51. The van der Waals surface area contributed by atoms with E-state index in [-0.39, 0.29) is 18.4 Å². The number of carbonyl (C=O) groups excluding carboxylic acids is 2. The van der Waals surface area contributed by atoms with Crippen LogP contribution in [0.5, 0.6) is 0 Å². The zero-order chi connectivity index (χ0) is 14.0. The number of amides is 2. The molecular formula is C12H22N2O4. The Balaban J connectivity index is 3.98. The molecule has 0 fully saturated rings. The molecule has 0 aliphatic carbocycles. The maximum atomic E-state index is 11.8. The second kappa shape index (κ2) is 9.44. The van der Waals surface area contributed by atoms with Crippen molar-refractivity contribution in [2.45, 2.75) is 39.5 Å². The van der Waals surface area contributed by atoms with Crippen LogP contribution >= 0.6 is 0 Å². The van der Waals surface area contributed by atoms with Crippen molar-refractivity contribution in [3.8, 4) is 0 Å². The first-order valence-corrected chi connectivity index (χ1v) is 6.27. The molecule has 0 aromatic carbocycles. The Morgan fingerprint density at radius 2 is 1.56 bits per heavy atom. The van der Waals surface area contributed by atoms with E-state index in [0.717, 1.165) is 25.7 Å². The van der Waals surface area contributed by atoms with Gasteiger partial charge in [0.05, 0.1) is 6.54 Å². The summed E-state index contributed by atoms with van der Waals surface area (Å²) in [4.78, 5) is 33.2. The fourth-order valence-corrected chi connectivity index (χ4v) is 1.65. The van der Waals surface area contributed by atoms with E-state index in [1.54, 1.807) is 0 Å². The molecule has 3 N–H and O–H groups in total. The Morgan fingerprint density at radius 1 is 1.00 bits per heavy atom. The van der Waals surface area contributed by atoms with Gasteiger partial charge in [0.25, 0.3) is 0 Å². The second-order valence-electron chi connectivity index (χ2n) is 4.16. The summed E-state index contributed by atoms with van der Waals surface area (Å²) in [7, 11) is 0. The van der Waals surface area contributed by atoms with Gasteiger partial charge in [0.15, 0.2) is 0 Å². The standard InChI is InChI=1S/C12H22N2O4/c1-3-5-9(6-4-2)12(18)14-7-10(15)13-8-11(16)17/h9H,3-8H2,1-2H3,(H,13,15)(H,14,18)(H,16,17). The maximum Gasteiger partial charge on any atom is 0.322 e. The zero-order valence-electron chi connectivity index (χ0n) is 11.0. The minimum Gasteiger partial charge on any atom is -0.480 e. The molecule has 0 saturated carbocycles. The minimum atomic E-state index is -1.11. The van der Waals surface area contributed by atoms with Crippen LogP contribution in [-0.2, 0) is 14.4 Å². The molecule has 0 heterocycles. The van der Waals surface area contributed by atoms with E-state index in [2.05, 4.69) is 10.6 Å². The number of nitrogens with one attached hydrogen (secondary N) is 2. The van der Waals surface area contributed by atoms with Crippen LogP contribution in [0.2, 0.25) is 0 Å². The quantitative estimate of drug-likeness (QED) is 0.562. The number of hydrogen-bond acceptors (Lipinski definition) is 3. The smallest absolute Gasteiger partial charge is 0.322 e. The SMILES string of the molecule is CCCC(CCC)C(=O)NCC(=O)NCC(=O)O. The topological polar surface area (TPSA) is 95.5 Å². The highest BCUT2D eigenvalue weighted by atomic mass is 16.4. The Kier molecular flexibility index (Phi) is 8.61. The lowest BCUT2D eigenvalue weighted by Gasteiger charge is -2.14. The summed E-state index contributed by atoms with van der Waals surface area (Å²) in [5.74, 6) is -1.79. The van der Waals surface area contributed by atoms with Crippen LogP contribution in [0.1, 0.15) is 39.5 Å². The molecule has 0 bridgehead atoms. The third-order valence-corrected chi connectivity index (χ3v) is 2.51. The van der Waals surface area contributed by atoms with Gasteiger partial charge in [0.1, 0.15) is 6.54 Å². The fraction of sp³-hybridized carbons (Fsp3) is 0.750. The second-order valence-corrected chi connectivity index (χ2v) is 4.16. The van der Waals surface area contributed by atoms with Gasteiger partial charge in [-0.05, 0) is 12.8 Å². The van der Waals surface area contributed by atoms with Crippen LogP contribution in [0.15, 0.2) is 0 Å². The van der Waals surface area contributed by atoms with Crippen LogP contribution in [0, 0.1) is 5.92 Å². The number of carboxylic acid groups (broad SMARTS) is 1. The van der Waals surface area contributed by atoms with Crippen molar-refractivity contribution < 1.29 is 19.5 Å². The molecule has 0 rings (SSSR count). The van der Waals surface area contributed by atoms with Crippen molar-refractivity contribution in [1.29, 1.82) is 0 Å². The van der Waals surface area contributed by atoms with E-state index in [4.69, 9.17) is 5.11 Å². The number of hydrogen-bond donors (Lipinski definition) is 3. The average molecular weight is 258 g/mol. The molecule has 0 aromatic rings. The summed E-state index contributed by atoms with van der Waals surface area (Å²) in [6, 6.07) is 0. The summed E-state index contributed by atoms with van der Waals surface area (Å²) >= 11 is 0. The van der Waals surface area contributed by atoms with Gasteiger partial charge in [0, 0.05) is 5.92 Å². The molecule has 0 aliphatic rings. The van der Waals surface area contributed by atoms with Gasteiger partial charge in [-0.2, -0.15) is 0 Å². The Hall–Kier alpha value is -1.59. The maximum absolute atomic E-state index is 11.8. The first kappa shape index (κ1) is 16.4. The molecule has 6 heteroatoms. The molecule has 0 aliphatic heterocycles. The van der Waals surface area contributed by atoms with E-state index in [0.29, 0.717) is 0 Å². The lowest BCUT2D eigenvalue weighted by Crippen LogP contribution is -2.41. The van der Waals surface area contributed by atoms with Gasteiger partial charge in [-0.15, -0.1) is 0 Å². The predicted molar refractivity (Wildman–Crippen MR) is 67.0 cm³/mol. The molecule has 18 heavy (non-hydrogen) atoms. The Bertz CT molecular complexity index is 286. The van der Waals surface area contributed by atoms with Gasteiger partial charge < -0.3 is 15.7 Å². The largest absolute Gasteiger partial charge is 0.480 e. The fourth-order valence-electron chi connectivity index (χ4n) is 1.65. The molecule has 0 radical (unpaired) electrons. The number of carbonyl (C=O) groups is 3. The lowest BCUT2D eigenvalue weighted by molar-refractivity contribution is -0.137. The molecule has 0 aromatic heterocycles. The van der Waals surface area contributed by atoms with Crippen LogP contribution in [0.4, 0.5) is 0 Å². The number of aliphatic carboxylic acids is 1. The minimum absolute atomic E-state index is 0.0627. The Labute approximate surface area is 107 Å². The van der Waals surface area contributed by atoms with E-state index in [1.807, 2.05) is 13.8 Å². The molecule has 0 saturated heterocycles. The van der Waals surface area contributed by atoms with Crippen molar-refractivity contribution in [2.24, 2.45) is 5.92 Å².